The van der Waals surface area contributed by atoms with E-state index in [0.717, 1.165) is 77.2 Å². The van der Waals surface area contributed by atoms with Crippen molar-refractivity contribution in [3.05, 3.63) is 0 Å². The highest BCUT2D eigenvalue weighted by Crippen LogP contribution is 2.09. The monoisotopic (exact) mass is 552 g/mol. The standard InChI is InChI=1S/C31H60N4O4/c1-6-9-11-13-21-29(37)33-24-18-16-20-27(34-30(38)22-14-12-10-7-2)31(39)35-26(28(36)8-3)19-15-17-23-32-25(4)5/h25-27,32H,6-24H2,1-5H3,(H,33,37)(H,34,38)(H,35,39). The van der Waals surface area contributed by atoms with Gasteiger partial charge < -0.3 is 21.3 Å². The zero-order valence-corrected chi connectivity index (χ0v) is 25.8. The van der Waals surface area contributed by atoms with Crippen LogP contribution in [0.2, 0.25) is 0 Å². The van der Waals surface area contributed by atoms with E-state index in [1.54, 1.807) is 0 Å². The Bertz CT molecular complexity index is 669. The molecule has 0 fully saturated rings. The van der Waals surface area contributed by atoms with Gasteiger partial charge in [0, 0.05) is 31.8 Å². The lowest BCUT2D eigenvalue weighted by molar-refractivity contribution is -0.131. The van der Waals surface area contributed by atoms with E-state index >= 15 is 0 Å². The summed E-state index contributed by atoms with van der Waals surface area (Å²) in [5.74, 6) is -0.314. The van der Waals surface area contributed by atoms with Crippen molar-refractivity contribution >= 4 is 23.5 Å². The second-order valence-electron chi connectivity index (χ2n) is 11.1. The van der Waals surface area contributed by atoms with Crippen LogP contribution < -0.4 is 21.3 Å². The number of amides is 3. The van der Waals surface area contributed by atoms with E-state index in [2.05, 4.69) is 49.0 Å². The minimum Gasteiger partial charge on any atom is -0.356 e. The highest BCUT2D eigenvalue weighted by atomic mass is 16.2. The molecule has 0 aromatic heterocycles. The predicted octanol–water partition coefficient (Wildman–Crippen LogP) is 5.33. The molecule has 0 heterocycles. The summed E-state index contributed by atoms with van der Waals surface area (Å²) in [4.78, 5) is 50.4. The Morgan fingerprint density at radius 2 is 1.15 bits per heavy atom. The van der Waals surface area contributed by atoms with E-state index < -0.39 is 12.1 Å². The maximum atomic E-state index is 13.2. The number of nitrogens with one attached hydrogen (secondary N) is 4. The molecule has 0 aliphatic carbocycles. The third kappa shape index (κ3) is 21.5. The molecule has 0 rings (SSSR count). The van der Waals surface area contributed by atoms with E-state index in [-0.39, 0.29) is 23.5 Å². The van der Waals surface area contributed by atoms with Gasteiger partial charge in [0.2, 0.25) is 17.7 Å². The summed E-state index contributed by atoms with van der Waals surface area (Å²) in [6.45, 7) is 11.7. The molecule has 0 saturated heterocycles. The summed E-state index contributed by atoms with van der Waals surface area (Å²) < 4.78 is 0. The van der Waals surface area contributed by atoms with Gasteiger partial charge in [-0.3, -0.25) is 19.2 Å². The molecule has 4 N–H and O–H groups in total. The van der Waals surface area contributed by atoms with Crippen molar-refractivity contribution in [3.8, 4) is 0 Å². The van der Waals surface area contributed by atoms with Gasteiger partial charge in [0.25, 0.3) is 0 Å². The molecule has 39 heavy (non-hydrogen) atoms. The van der Waals surface area contributed by atoms with Crippen LogP contribution in [0.1, 0.15) is 144 Å². The van der Waals surface area contributed by atoms with Gasteiger partial charge >= 0.3 is 0 Å². The molecule has 228 valence electrons. The number of carbonyl (C=O) groups is 4. The highest BCUT2D eigenvalue weighted by molar-refractivity contribution is 5.92. The van der Waals surface area contributed by atoms with Gasteiger partial charge in [-0.05, 0) is 57.9 Å². The van der Waals surface area contributed by atoms with Crippen LogP contribution in [-0.4, -0.2) is 54.7 Å². The molecule has 0 aliphatic heterocycles. The first-order chi connectivity index (χ1) is 18.7. The maximum Gasteiger partial charge on any atom is 0.243 e. The van der Waals surface area contributed by atoms with Crippen LogP contribution in [0.5, 0.6) is 0 Å². The third-order valence-corrected chi connectivity index (χ3v) is 6.93. The van der Waals surface area contributed by atoms with Crippen molar-refractivity contribution in [2.75, 3.05) is 13.1 Å². The summed E-state index contributed by atoms with van der Waals surface area (Å²) in [5.41, 5.74) is 0. The number of hydrogen-bond donors (Lipinski definition) is 4. The van der Waals surface area contributed by atoms with Crippen LogP contribution in [0.15, 0.2) is 0 Å². The second kappa shape index (κ2) is 25.0. The molecule has 0 saturated carbocycles. The van der Waals surface area contributed by atoms with Gasteiger partial charge in [-0.1, -0.05) is 73.1 Å². The predicted molar refractivity (Wildman–Crippen MR) is 161 cm³/mol. The number of carbonyl (C=O) groups excluding carboxylic acids is 4. The molecule has 0 aliphatic rings. The van der Waals surface area contributed by atoms with E-state index in [4.69, 9.17) is 0 Å². The molecular weight excluding hydrogens is 492 g/mol. The van der Waals surface area contributed by atoms with Crippen molar-refractivity contribution in [1.82, 2.24) is 21.3 Å². The van der Waals surface area contributed by atoms with Crippen molar-refractivity contribution in [3.63, 3.8) is 0 Å². The maximum absolute atomic E-state index is 13.2. The van der Waals surface area contributed by atoms with E-state index in [9.17, 15) is 19.2 Å². The summed E-state index contributed by atoms with van der Waals surface area (Å²) in [6, 6.07) is -0.788. The third-order valence-electron chi connectivity index (χ3n) is 6.93. The van der Waals surface area contributed by atoms with Gasteiger partial charge in [0.1, 0.15) is 6.04 Å². The molecule has 0 radical (unpaired) electrons. The fourth-order valence-electron chi connectivity index (χ4n) is 4.45. The van der Waals surface area contributed by atoms with Crippen molar-refractivity contribution in [2.24, 2.45) is 0 Å². The molecule has 8 heteroatoms. The molecule has 8 nitrogen and oxygen atoms in total. The van der Waals surface area contributed by atoms with Crippen LogP contribution in [0.4, 0.5) is 0 Å². The van der Waals surface area contributed by atoms with Gasteiger partial charge in [0.05, 0.1) is 6.04 Å². The SMILES string of the molecule is CCCCCCC(=O)NCCCCC(NC(=O)CCCCCC)C(=O)NC(CCCCNC(C)C)C(=O)CC. The highest BCUT2D eigenvalue weighted by Gasteiger charge is 2.25. The number of Topliss-reactive ketones (excluding diaryl/α,β-unsaturated/α-hetero) is 1. The lowest BCUT2D eigenvalue weighted by atomic mass is 10.0. The number of rotatable bonds is 26. The lowest BCUT2D eigenvalue weighted by Crippen LogP contribution is -2.51. The number of ketones is 1. The molecule has 0 spiro atoms. The fraction of sp³-hybridized carbons (Fsp3) is 0.871. The normalized spacial score (nSPS) is 12.7. The fourth-order valence-corrected chi connectivity index (χ4v) is 4.45. The Morgan fingerprint density at radius 1 is 0.590 bits per heavy atom. The van der Waals surface area contributed by atoms with Crippen LogP contribution in [0.25, 0.3) is 0 Å². The number of hydrogen-bond acceptors (Lipinski definition) is 5. The molecule has 0 bridgehead atoms. The Kier molecular flexibility index (Phi) is 23.8. The summed E-state index contributed by atoms with van der Waals surface area (Å²) >= 11 is 0. The van der Waals surface area contributed by atoms with Gasteiger partial charge in [-0.15, -0.1) is 0 Å². The smallest absolute Gasteiger partial charge is 0.243 e. The minimum absolute atomic E-state index is 0.0199. The lowest BCUT2D eigenvalue weighted by Gasteiger charge is -2.23. The van der Waals surface area contributed by atoms with Crippen molar-refractivity contribution in [2.45, 2.75) is 162 Å². The second-order valence-corrected chi connectivity index (χ2v) is 11.1. The van der Waals surface area contributed by atoms with Crippen molar-refractivity contribution in [1.29, 1.82) is 0 Å². The Balaban J connectivity index is 4.87. The zero-order chi connectivity index (χ0) is 29.3. The van der Waals surface area contributed by atoms with E-state index in [1.165, 1.54) is 0 Å². The van der Waals surface area contributed by atoms with E-state index in [0.29, 0.717) is 51.1 Å². The summed E-state index contributed by atoms with van der Waals surface area (Å²) in [6.07, 6.45) is 13.9. The first kappa shape index (κ1) is 37.0. The molecular formula is C31H60N4O4. The quantitative estimate of drug-likeness (QED) is 0.108. The molecule has 0 aromatic carbocycles. The first-order valence-electron chi connectivity index (χ1n) is 15.9. The van der Waals surface area contributed by atoms with Crippen LogP contribution in [0.3, 0.4) is 0 Å². The number of unbranched alkanes of at least 4 members (excludes halogenated alkanes) is 8. The van der Waals surface area contributed by atoms with Crippen LogP contribution in [0, 0.1) is 0 Å². The molecule has 2 unspecified atom stereocenters. The van der Waals surface area contributed by atoms with Gasteiger partial charge in [-0.2, -0.15) is 0 Å². The van der Waals surface area contributed by atoms with Gasteiger partial charge in [-0.25, -0.2) is 0 Å². The summed E-state index contributed by atoms with van der Waals surface area (Å²) in [7, 11) is 0. The van der Waals surface area contributed by atoms with Gasteiger partial charge in [0.15, 0.2) is 5.78 Å². The summed E-state index contributed by atoms with van der Waals surface area (Å²) in [5, 5.41) is 12.2. The first-order valence-corrected chi connectivity index (χ1v) is 15.9. The zero-order valence-electron chi connectivity index (χ0n) is 25.8. The molecule has 3 amide bonds. The minimum atomic E-state index is -0.678. The van der Waals surface area contributed by atoms with Crippen LogP contribution >= 0.6 is 0 Å². The van der Waals surface area contributed by atoms with Crippen LogP contribution in [-0.2, 0) is 19.2 Å². The Labute approximate surface area is 239 Å². The Hall–Kier alpha value is -1.96. The Morgan fingerprint density at radius 3 is 1.72 bits per heavy atom. The van der Waals surface area contributed by atoms with Crippen molar-refractivity contribution < 1.29 is 19.2 Å². The average Bonchev–Trinajstić information content (AvgIpc) is 2.91. The van der Waals surface area contributed by atoms with E-state index in [1.807, 2.05) is 6.92 Å². The average molecular weight is 553 g/mol. The molecule has 0 aromatic rings. The topological polar surface area (TPSA) is 116 Å². The largest absolute Gasteiger partial charge is 0.356 e. The molecule has 2 atom stereocenters.